The predicted molar refractivity (Wildman–Crippen MR) is 181 cm³/mol. The molecule has 1 N–H and O–H groups in total. The van der Waals surface area contributed by atoms with Crippen LogP contribution in [-0.4, -0.2) is 36.7 Å². The summed E-state index contributed by atoms with van der Waals surface area (Å²) < 4.78 is 38.5. The number of benzene rings is 3. The molecule has 3 aromatic carbocycles. The molecule has 2 fully saturated rings. The first-order valence-electron chi connectivity index (χ1n) is 15.8. The molecule has 7 rings (SSSR count). The maximum Gasteiger partial charge on any atom is 0.176 e. The summed E-state index contributed by atoms with van der Waals surface area (Å²) >= 11 is 6.57. The molecular weight excluding hydrogens is 632 g/mol. The molecule has 1 aliphatic heterocycles. The summed E-state index contributed by atoms with van der Waals surface area (Å²) in [6.07, 6.45) is 6.22. The van der Waals surface area contributed by atoms with E-state index in [0.717, 1.165) is 72.0 Å². The van der Waals surface area contributed by atoms with Crippen LogP contribution in [0.1, 0.15) is 76.6 Å². The summed E-state index contributed by atoms with van der Waals surface area (Å²) in [4.78, 5) is 19.3. The van der Waals surface area contributed by atoms with E-state index in [1.54, 1.807) is 24.4 Å². The molecule has 2 aliphatic rings. The molecule has 47 heavy (non-hydrogen) atoms. The van der Waals surface area contributed by atoms with Gasteiger partial charge in [-0.1, -0.05) is 78.3 Å². The lowest BCUT2D eigenvalue weighted by atomic mass is 9.85. The van der Waals surface area contributed by atoms with Gasteiger partial charge in [0.2, 0.25) is 0 Å². The number of halogens is 1. The van der Waals surface area contributed by atoms with E-state index >= 15 is 0 Å². The maximum absolute atomic E-state index is 12.3. The first-order valence-corrected chi connectivity index (χ1v) is 18.0. The van der Waals surface area contributed by atoms with E-state index in [1.807, 2.05) is 60.7 Å². The van der Waals surface area contributed by atoms with E-state index < -0.39 is 15.6 Å². The van der Waals surface area contributed by atoms with E-state index in [4.69, 9.17) is 21.1 Å². The molecule has 4 atom stereocenters. The fraction of sp³-hybridized carbons (Fsp3) is 0.263. The lowest BCUT2D eigenvalue weighted by Crippen LogP contribution is -2.26. The van der Waals surface area contributed by atoms with Gasteiger partial charge in [0, 0.05) is 42.5 Å². The van der Waals surface area contributed by atoms with Gasteiger partial charge >= 0.3 is 0 Å². The molecular formula is C38H35ClN2O5S. The molecule has 2 aromatic heterocycles. The fourth-order valence-corrected chi connectivity index (χ4v) is 8.42. The number of hydrogen-bond donors (Lipinski definition) is 1. The summed E-state index contributed by atoms with van der Waals surface area (Å²) in [5.41, 5.74) is 6.11. The van der Waals surface area contributed by atoms with Crippen LogP contribution in [0.25, 0.3) is 11.4 Å². The van der Waals surface area contributed by atoms with Gasteiger partial charge in [-0.2, -0.15) is 0 Å². The molecule has 1 saturated heterocycles. The predicted octanol–water partition coefficient (Wildman–Crippen LogP) is 8.49. The van der Waals surface area contributed by atoms with Gasteiger partial charge in [0.25, 0.3) is 0 Å². The highest BCUT2D eigenvalue weighted by Crippen LogP contribution is 2.55. The minimum Gasteiger partial charge on any atom is -0.357 e. The average Bonchev–Trinajstić information content (AvgIpc) is 3.83. The van der Waals surface area contributed by atoms with E-state index in [0.29, 0.717) is 5.56 Å². The second kappa shape index (κ2) is 12.8. The van der Waals surface area contributed by atoms with Crippen LogP contribution in [0.3, 0.4) is 0 Å². The highest BCUT2D eigenvalue weighted by molar-refractivity contribution is 7.90. The number of carbonyl (C=O) groups is 1. The van der Waals surface area contributed by atoms with E-state index in [-0.39, 0.29) is 34.0 Å². The molecule has 3 heterocycles. The Bertz CT molecular complexity index is 1930. The third-order valence-corrected chi connectivity index (χ3v) is 10.9. The van der Waals surface area contributed by atoms with E-state index in [2.05, 4.69) is 34.2 Å². The zero-order valence-corrected chi connectivity index (χ0v) is 27.5. The van der Waals surface area contributed by atoms with Gasteiger partial charge in [-0.25, -0.2) is 8.42 Å². The Kier molecular flexibility index (Phi) is 8.61. The molecule has 7 nitrogen and oxygen atoms in total. The Morgan fingerprint density at radius 1 is 0.936 bits per heavy atom. The number of aromatic nitrogens is 2. The van der Waals surface area contributed by atoms with Crippen LogP contribution < -0.4 is 0 Å². The second-order valence-electron chi connectivity index (χ2n) is 12.6. The summed E-state index contributed by atoms with van der Waals surface area (Å²) in [6, 6.07) is 33.3. The zero-order valence-electron chi connectivity index (χ0n) is 25.9. The lowest BCUT2D eigenvalue weighted by molar-refractivity contribution is -0.172. The van der Waals surface area contributed by atoms with Crippen LogP contribution in [0.2, 0.25) is 5.02 Å². The minimum atomic E-state index is -3.48. The molecule has 1 spiro atoms. The van der Waals surface area contributed by atoms with Crippen LogP contribution >= 0.6 is 11.6 Å². The van der Waals surface area contributed by atoms with Crippen LogP contribution in [0, 0.1) is 5.92 Å². The van der Waals surface area contributed by atoms with Gasteiger partial charge in [-0.15, -0.1) is 0 Å². The number of pyridine rings is 1. The van der Waals surface area contributed by atoms with E-state index in [9.17, 15) is 13.2 Å². The number of hydrogen-bond acceptors (Lipinski definition) is 6. The van der Waals surface area contributed by atoms with Crippen molar-refractivity contribution in [2.75, 3.05) is 6.26 Å². The summed E-state index contributed by atoms with van der Waals surface area (Å²) in [5.74, 6) is -0.560. The first-order chi connectivity index (χ1) is 22.7. The van der Waals surface area contributed by atoms with Crippen molar-refractivity contribution in [3.63, 3.8) is 0 Å². The number of ether oxygens (including phenoxy) is 2. The third kappa shape index (κ3) is 6.56. The van der Waals surface area contributed by atoms with E-state index in [1.165, 1.54) is 0 Å². The molecule has 1 saturated carbocycles. The summed E-state index contributed by atoms with van der Waals surface area (Å²) in [7, 11) is -3.48. The van der Waals surface area contributed by atoms with Crippen molar-refractivity contribution in [1.82, 2.24) is 9.97 Å². The SMILES string of the molecule is CS(=O)(=O)c1ccc(C(C[C@H]2CCC3(C2)O[C@H](c2ccccc2)[C@@H](c2ccccc2)O3)c2ccc(-c3ccc(C=O)cn3)[nH]2)cc1Cl. The Morgan fingerprint density at radius 3 is 2.19 bits per heavy atom. The molecule has 1 aliphatic carbocycles. The Labute approximate surface area is 279 Å². The first kappa shape index (κ1) is 31.5. The molecule has 0 amide bonds. The number of rotatable bonds is 9. The van der Waals surface area contributed by atoms with Gasteiger partial charge in [-0.05, 0) is 71.8 Å². The number of nitrogens with zero attached hydrogens (tertiary/aromatic N) is 1. The van der Waals surface area contributed by atoms with Gasteiger partial charge in [0.15, 0.2) is 21.9 Å². The summed E-state index contributed by atoms with van der Waals surface area (Å²) in [5, 5.41) is 0.203. The normalized spacial score (nSPS) is 21.2. The van der Waals surface area contributed by atoms with Crippen LogP contribution in [0.5, 0.6) is 0 Å². The van der Waals surface area contributed by atoms with Crippen molar-refractivity contribution in [3.8, 4) is 11.4 Å². The van der Waals surface area contributed by atoms with Crippen LogP contribution in [0.15, 0.2) is 114 Å². The number of sulfone groups is 1. The smallest absolute Gasteiger partial charge is 0.176 e. The molecule has 9 heteroatoms. The third-order valence-electron chi connectivity index (χ3n) is 9.36. The van der Waals surface area contributed by atoms with Crippen LogP contribution in [0.4, 0.5) is 0 Å². The zero-order chi connectivity index (χ0) is 32.6. The lowest BCUT2D eigenvalue weighted by Gasteiger charge is -2.25. The number of H-pyrrole nitrogens is 1. The molecule has 5 aromatic rings. The van der Waals surface area contributed by atoms with Gasteiger partial charge in [0.1, 0.15) is 12.2 Å². The van der Waals surface area contributed by atoms with Crippen molar-refractivity contribution in [2.45, 2.75) is 54.5 Å². The van der Waals surface area contributed by atoms with Crippen molar-refractivity contribution in [2.24, 2.45) is 5.92 Å². The molecule has 0 radical (unpaired) electrons. The monoisotopic (exact) mass is 666 g/mol. The fourth-order valence-electron chi connectivity index (χ4n) is 7.08. The number of aldehydes is 1. The second-order valence-corrected chi connectivity index (χ2v) is 15.0. The number of aromatic amines is 1. The largest absolute Gasteiger partial charge is 0.357 e. The molecule has 1 unspecified atom stereocenters. The highest BCUT2D eigenvalue weighted by Gasteiger charge is 2.52. The number of carbonyl (C=O) groups excluding carboxylic acids is 1. The standard InChI is InChI=1S/C38H35ClN2O5S/c1-47(43,44)35-17-13-29(21-31(35)39)30(32-15-16-34(41-32)33-14-12-26(24-42)23-40-33)20-25-18-19-38(22-25)45-36(27-8-4-2-5-9-27)37(46-38)28-10-6-3-7-11-28/h2-17,21,23-25,30,36-37,41H,18-20,22H2,1H3/t25-,30?,36-,37-/m1/s1. The Morgan fingerprint density at radius 2 is 1.62 bits per heavy atom. The van der Waals surface area contributed by atoms with Gasteiger partial charge in [-0.3, -0.25) is 9.78 Å². The molecule has 240 valence electrons. The summed E-state index contributed by atoms with van der Waals surface area (Å²) in [6.45, 7) is 0. The average molecular weight is 667 g/mol. The van der Waals surface area contributed by atoms with Gasteiger partial charge in [0.05, 0.1) is 21.3 Å². The topological polar surface area (TPSA) is 98.4 Å². The molecule has 0 bridgehead atoms. The van der Waals surface area contributed by atoms with Crippen molar-refractivity contribution in [3.05, 3.63) is 142 Å². The highest BCUT2D eigenvalue weighted by atomic mass is 35.5. The maximum atomic E-state index is 12.3. The van der Waals surface area contributed by atoms with Crippen molar-refractivity contribution < 1.29 is 22.7 Å². The van der Waals surface area contributed by atoms with Crippen molar-refractivity contribution >= 4 is 27.7 Å². The van der Waals surface area contributed by atoms with Gasteiger partial charge < -0.3 is 14.5 Å². The number of nitrogens with one attached hydrogen (secondary N) is 1. The Balaban J connectivity index is 1.19. The van der Waals surface area contributed by atoms with Crippen LogP contribution in [-0.2, 0) is 19.3 Å². The van der Waals surface area contributed by atoms with Crippen molar-refractivity contribution in [1.29, 1.82) is 0 Å². The quantitative estimate of drug-likeness (QED) is 0.158. The Hall–Kier alpha value is -4.08. The minimum absolute atomic E-state index is 0.111.